The zero-order valence-corrected chi connectivity index (χ0v) is 13.8. The zero-order valence-electron chi connectivity index (χ0n) is 13.8. The van der Waals surface area contributed by atoms with Crippen LogP contribution in [0.4, 0.5) is 10.5 Å². The first-order chi connectivity index (χ1) is 11.5. The lowest BCUT2D eigenvalue weighted by molar-refractivity contribution is -0.118. The van der Waals surface area contributed by atoms with Gasteiger partial charge in [0.25, 0.3) is 0 Å². The molecule has 0 saturated heterocycles. The van der Waals surface area contributed by atoms with Crippen LogP contribution in [0.2, 0.25) is 0 Å². The molecule has 1 aliphatic rings. The fraction of sp³-hybridized carbons (Fsp3) is 0.263. The lowest BCUT2D eigenvalue weighted by Crippen LogP contribution is -2.49. The highest BCUT2D eigenvalue weighted by molar-refractivity contribution is 5.97. The monoisotopic (exact) mass is 323 g/mol. The van der Waals surface area contributed by atoms with Crippen LogP contribution in [0.1, 0.15) is 25.0 Å². The molecule has 2 aromatic carbocycles. The molecular formula is C19H21N3O2. The van der Waals surface area contributed by atoms with Crippen molar-refractivity contribution in [2.45, 2.75) is 26.3 Å². The van der Waals surface area contributed by atoms with Gasteiger partial charge in [0.1, 0.15) is 6.04 Å². The van der Waals surface area contributed by atoms with Gasteiger partial charge in [0.05, 0.1) is 0 Å². The van der Waals surface area contributed by atoms with Crippen molar-refractivity contribution >= 4 is 17.6 Å². The predicted octanol–water partition coefficient (Wildman–Crippen LogP) is 2.89. The standard InChI is InChI=1S/C19H21N3O2/c1-11(2)17(22-19(20)24)18(23)21-14-7-8-16-13(10-14)9-12-5-3-4-6-15(12)16/h3-8,10-11,17H,9H2,1-2H3,(H,21,23)(H3,20,22,24)/t17-/m1/s1. The molecule has 5 heteroatoms. The Hall–Kier alpha value is -2.82. The van der Waals surface area contributed by atoms with Gasteiger partial charge in [0, 0.05) is 5.69 Å². The van der Waals surface area contributed by atoms with Crippen LogP contribution in [-0.2, 0) is 11.2 Å². The first kappa shape index (κ1) is 16.1. The minimum Gasteiger partial charge on any atom is -0.352 e. The Morgan fingerprint density at radius 3 is 2.46 bits per heavy atom. The topological polar surface area (TPSA) is 84.2 Å². The lowest BCUT2D eigenvalue weighted by Gasteiger charge is -2.20. The fourth-order valence-corrected chi connectivity index (χ4v) is 3.13. The number of nitrogens with one attached hydrogen (secondary N) is 2. The van der Waals surface area contributed by atoms with Crippen molar-refractivity contribution in [1.82, 2.24) is 5.32 Å². The molecule has 3 amide bonds. The molecule has 0 heterocycles. The normalized spacial score (nSPS) is 13.1. The van der Waals surface area contributed by atoms with Crippen LogP contribution in [0, 0.1) is 5.92 Å². The Morgan fingerprint density at radius 1 is 1.04 bits per heavy atom. The van der Waals surface area contributed by atoms with Gasteiger partial charge in [-0.2, -0.15) is 0 Å². The average molecular weight is 323 g/mol. The number of primary amides is 1. The molecule has 124 valence electrons. The fourth-order valence-electron chi connectivity index (χ4n) is 3.13. The molecule has 1 atom stereocenters. The Balaban J connectivity index is 1.79. The van der Waals surface area contributed by atoms with Gasteiger partial charge in [-0.3, -0.25) is 4.79 Å². The second kappa shape index (κ2) is 6.35. The Morgan fingerprint density at radius 2 is 1.75 bits per heavy atom. The molecule has 0 aromatic heterocycles. The summed E-state index contributed by atoms with van der Waals surface area (Å²) in [6.45, 7) is 3.72. The van der Waals surface area contributed by atoms with Gasteiger partial charge in [-0.05, 0) is 46.7 Å². The molecule has 0 bridgehead atoms. The molecule has 2 aromatic rings. The van der Waals surface area contributed by atoms with Crippen molar-refractivity contribution in [2.75, 3.05) is 5.32 Å². The molecule has 4 N–H and O–H groups in total. The highest BCUT2D eigenvalue weighted by Gasteiger charge is 2.24. The van der Waals surface area contributed by atoms with Gasteiger partial charge in [-0.1, -0.05) is 44.2 Å². The Bertz CT molecular complexity index is 799. The first-order valence-electron chi connectivity index (χ1n) is 8.03. The van der Waals surface area contributed by atoms with Crippen LogP contribution < -0.4 is 16.4 Å². The number of rotatable bonds is 4. The van der Waals surface area contributed by atoms with Crippen LogP contribution in [0.3, 0.4) is 0 Å². The van der Waals surface area contributed by atoms with E-state index in [4.69, 9.17) is 5.73 Å². The van der Waals surface area contributed by atoms with Gasteiger partial charge in [0.15, 0.2) is 0 Å². The van der Waals surface area contributed by atoms with E-state index in [1.165, 1.54) is 22.3 Å². The molecule has 1 aliphatic carbocycles. The highest BCUT2D eigenvalue weighted by atomic mass is 16.2. The van der Waals surface area contributed by atoms with E-state index in [0.717, 1.165) is 12.1 Å². The van der Waals surface area contributed by atoms with Gasteiger partial charge in [-0.25, -0.2) is 4.79 Å². The summed E-state index contributed by atoms with van der Waals surface area (Å²) in [7, 11) is 0. The number of carbonyl (C=O) groups excluding carboxylic acids is 2. The predicted molar refractivity (Wildman–Crippen MR) is 94.7 cm³/mol. The maximum Gasteiger partial charge on any atom is 0.312 e. The van der Waals surface area contributed by atoms with E-state index in [1.807, 2.05) is 44.2 Å². The molecule has 24 heavy (non-hydrogen) atoms. The van der Waals surface area contributed by atoms with Crippen LogP contribution >= 0.6 is 0 Å². The molecular weight excluding hydrogens is 302 g/mol. The van der Waals surface area contributed by atoms with Crippen LogP contribution in [0.5, 0.6) is 0 Å². The number of hydrogen-bond acceptors (Lipinski definition) is 2. The Kier molecular flexibility index (Phi) is 4.25. The van der Waals surface area contributed by atoms with E-state index in [2.05, 4.69) is 22.8 Å². The summed E-state index contributed by atoms with van der Waals surface area (Å²) in [4.78, 5) is 23.5. The highest BCUT2D eigenvalue weighted by Crippen LogP contribution is 2.37. The average Bonchev–Trinajstić information content (AvgIpc) is 2.89. The van der Waals surface area contributed by atoms with Crippen LogP contribution in [0.25, 0.3) is 11.1 Å². The van der Waals surface area contributed by atoms with E-state index in [-0.39, 0.29) is 11.8 Å². The molecule has 3 rings (SSSR count). The smallest absolute Gasteiger partial charge is 0.312 e. The van der Waals surface area contributed by atoms with E-state index >= 15 is 0 Å². The number of carbonyl (C=O) groups is 2. The van der Waals surface area contributed by atoms with E-state index < -0.39 is 12.1 Å². The number of urea groups is 1. The van der Waals surface area contributed by atoms with Gasteiger partial charge in [0.2, 0.25) is 5.91 Å². The zero-order chi connectivity index (χ0) is 17.3. The number of amides is 3. The van der Waals surface area contributed by atoms with E-state index in [9.17, 15) is 9.59 Å². The number of anilines is 1. The number of fused-ring (bicyclic) bond motifs is 3. The molecule has 0 saturated carbocycles. The SMILES string of the molecule is CC(C)[C@@H](NC(N)=O)C(=O)Nc1ccc2c(c1)Cc1ccccc1-2. The second-order valence-corrected chi connectivity index (χ2v) is 6.43. The van der Waals surface area contributed by atoms with Gasteiger partial charge >= 0.3 is 6.03 Å². The minimum absolute atomic E-state index is 0.0591. The third-order valence-corrected chi connectivity index (χ3v) is 4.31. The third-order valence-electron chi connectivity index (χ3n) is 4.31. The number of nitrogens with two attached hydrogens (primary N) is 1. The van der Waals surface area contributed by atoms with Gasteiger partial charge in [-0.15, -0.1) is 0 Å². The molecule has 5 nitrogen and oxygen atoms in total. The summed E-state index contributed by atoms with van der Waals surface area (Å²) >= 11 is 0. The quantitative estimate of drug-likeness (QED) is 0.690. The first-order valence-corrected chi connectivity index (χ1v) is 8.03. The summed E-state index contributed by atoms with van der Waals surface area (Å²) in [5, 5.41) is 5.37. The maximum atomic E-state index is 12.4. The van der Waals surface area contributed by atoms with Crippen molar-refractivity contribution in [1.29, 1.82) is 0 Å². The summed E-state index contributed by atoms with van der Waals surface area (Å²) in [6, 6.07) is 12.9. The molecule has 0 spiro atoms. The second-order valence-electron chi connectivity index (χ2n) is 6.43. The molecule has 0 fully saturated rings. The van der Waals surface area contributed by atoms with Gasteiger partial charge < -0.3 is 16.4 Å². The largest absolute Gasteiger partial charge is 0.352 e. The third kappa shape index (κ3) is 3.11. The maximum absolute atomic E-state index is 12.4. The molecule has 0 aliphatic heterocycles. The van der Waals surface area contributed by atoms with Crippen molar-refractivity contribution in [2.24, 2.45) is 11.7 Å². The van der Waals surface area contributed by atoms with Crippen molar-refractivity contribution in [3.05, 3.63) is 53.6 Å². The summed E-state index contributed by atoms with van der Waals surface area (Å²) in [5.41, 5.74) is 10.8. The summed E-state index contributed by atoms with van der Waals surface area (Å²) in [6.07, 6.45) is 0.863. The lowest BCUT2D eigenvalue weighted by atomic mass is 10.0. The van der Waals surface area contributed by atoms with Crippen molar-refractivity contribution in [3.63, 3.8) is 0 Å². The van der Waals surface area contributed by atoms with Crippen LogP contribution in [-0.4, -0.2) is 18.0 Å². The van der Waals surface area contributed by atoms with Crippen molar-refractivity contribution < 1.29 is 9.59 Å². The summed E-state index contributed by atoms with van der Waals surface area (Å²) in [5.74, 6) is -0.324. The van der Waals surface area contributed by atoms with Crippen molar-refractivity contribution in [3.8, 4) is 11.1 Å². The minimum atomic E-state index is -0.701. The number of benzene rings is 2. The molecule has 0 radical (unpaired) electrons. The number of hydrogen-bond donors (Lipinski definition) is 3. The van der Waals surface area contributed by atoms with E-state index in [0.29, 0.717) is 0 Å². The Labute approximate surface area is 141 Å². The summed E-state index contributed by atoms with van der Waals surface area (Å²) < 4.78 is 0. The van der Waals surface area contributed by atoms with Crippen LogP contribution in [0.15, 0.2) is 42.5 Å². The molecule has 0 unspecified atom stereocenters. The van der Waals surface area contributed by atoms with E-state index in [1.54, 1.807) is 0 Å².